The van der Waals surface area contributed by atoms with Gasteiger partial charge in [0.1, 0.15) is 23.7 Å². The van der Waals surface area contributed by atoms with Crippen molar-refractivity contribution in [3.8, 4) is 0 Å². The molecule has 6 aliphatic heterocycles. The lowest BCUT2D eigenvalue weighted by Gasteiger charge is -2.22. The molecule has 16 unspecified atom stereocenters. The third-order valence-corrected chi connectivity index (χ3v) is 11.8. The summed E-state index contributed by atoms with van der Waals surface area (Å²) >= 11 is 0. The number of cyclic esters (lactones) is 4. The van der Waals surface area contributed by atoms with E-state index in [-0.39, 0.29) is 6.10 Å². The number of carbonyl (C=O) groups excluding carboxylic acids is 8. The predicted molar refractivity (Wildman–Crippen MR) is 199 cm³/mol. The highest BCUT2D eigenvalue weighted by atomic mass is 19.1. The third kappa shape index (κ3) is 9.23. The summed E-state index contributed by atoms with van der Waals surface area (Å²) in [4.78, 5) is 97.4. The first-order valence-electron chi connectivity index (χ1n) is 20.1. The van der Waals surface area contributed by atoms with Crippen LogP contribution in [-0.4, -0.2) is 132 Å². The zero-order valence-electron chi connectivity index (χ0n) is 35.2. The molecule has 0 radical (unpaired) electrons. The van der Waals surface area contributed by atoms with Gasteiger partial charge in [-0.15, -0.1) is 13.2 Å². The summed E-state index contributed by atoms with van der Waals surface area (Å²) in [5.41, 5.74) is 0. The summed E-state index contributed by atoms with van der Waals surface area (Å²) in [6.45, 7) is 11.0. The first-order valence-corrected chi connectivity index (χ1v) is 19.4. The number of hydrogen-bond donors (Lipinski definition) is 0. The van der Waals surface area contributed by atoms with E-state index in [0.29, 0.717) is 25.7 Å². The Morgan fingerprint density at radius 1 is 0.550 bits per heavy atom. The van der Waals surface area contributed by atoms with Gasteiger partial charge in [-0.3, -0.25) is 42.7 Å². The van der Waals surface area contributed by atoms with Gasteiger partial charge in [-0.25, -0.2) is 0 Å². The van der Waals surface area contributed by atoms with Gasteiger partial charge in [0.15, 0.2) is 0 Å². The first kappa shape index (κ1) is 46.2. The van der Waals surface area contributed by atoms with E-state index in [1.807, 2.05) is 13.8 Å². The number of alkyl halides is 1. The Bertz CT molecular complexity index is 1720. The largest absolute Gasteiger partial charge is 0.469 e. The van der Waals surface area contributed by atoms with Crippen LogP contribution in [0.25, 0.3) is 0 Å². The van der Waals surface area contributed by atoms with Crippen molar-refractivity contribution in [2.45, 2.75) is 88.4 Å². The molecule has 0 aromatic heterocycles. The molecule has 0 N–H and O–H groups in total. The van der Waals surface area contributed by atoms with E-state index in [2.05, 4.69) is 13.2 Å². The molecule has 0 bridgehead atoms. The maximum Gasteiger partial charge on any atom is 0.320 e. The van der Waals surface area contributed by atoms with Crippen molar-refractivity contribution in [3.05, 3.63) is 37.5 Å². The highest BCUT2D eigenvalue weighted by molar-refractivity contribution is 5.98. The first-order chi connectivity index (χ1) is 29.2. The van der Waals surface area contributed by atoms with Crippen molar-refractivity contribution in [2.75, 3.05) is 35.6 Å². The van der Waals surface area contributed by atoms with Gasteiger partial charge in [0, 0.05) is 0 Å². The fourth-order valence-corrected chi connectivity index (χ4v) is 9.04. The van der Waals surface area contributed by atoms with Gasteiger partial charge < -0.3 is 47.4 Å². The van der Waals surface area contributed by atoms with Crippen LogP contribution in [0.2, 0.25) is 0 Å². The summed E-state index contributed by atoms with van der Waals surface area (Å²) in [6.07, 6.45) is 2.82. The second-order valence-corrected chi connectivity index (χ2v) is 14.6. The second-order valence-electron chi connectivity index (χ2n) is 14.6. The second kappa shape index (κ2) is 21.1. The summed E-state index contributed by atoms with van der Waals surface area (Å²) in [5.74, 6) is -11.0. The van der Waals surface area contributed by atoms with E-state index in [4.69, 9.17) is 48.7 Å². The molecule has 16 atom stereocenters. The number of fused-ring (bicyclic) bond motifs is 2. The smallest absolute Gasteiger partial charge is 0.320 e. The lowest BCUT2D eigenvalue weighted by Crippen LogP contribution is -2.37. The summed E-state index contributed by atoms with van der Waals surface area (Å²) < 4.78 is 68.0. The van der Waals surface area contributed by atoms with Gasteiger partial charge in [-0.05, 0) is 25.7 Å². The van der Waals surface area contributed by atoms with Crippen molar-refractivity contribution in [2.24, 2.45) is 47.3 Å². The van der Waals surface area contributed by atoms with Crippen LogP contribution in [0.5, 0.6) is 0 Å². The Morgan fingerprint density at radius 3 is 1.40 bits per heavy atom. The highest BCUT2D eigenvalue weighted by Crippen LogP contribution is 2.45. The van der Waals surface area contributed by atoms with Crippen LogP contribution in [0.4, 0.5) is 4.39 Å². The molecule has 0 aromatic carbocycles. The number of rotatable bonds is 13. The molecule has 0 saturated carbocycles. The van der Waals surface area contributed by atoms with Crippen LogP contribution in [0, 0.1) is 47.3 Å². The zero-order chi connectivity index (χ0) is 45.3. The maximum absolute atomic E-state index is 12.4. The van der Waals surface area contributed by atoms with E-state index in [0.717, 1.165) is 0 Å². The molecule has 6 heterocycles. The summed E-state index contributed by atoms with van der Waals surface area (Å²) in [5, 5.41) is 0. The highest BCUT2D eigenvalue weighted by Gasteiger charge is 2.60. The topological polar surface area (TPSA) is 229 Å². The van der Waals surface area contributed by atoms with Gasteiger partial charge in [0.05, 0.1) is 109 Å². The molecule has 6 rings (SSSR count). The van der Waals surface area contributed by atoms with E-state index < -0.39 is 145 Å². The molecule has 0 amide bonds. The molecule has 0 spiro atoms. The average Bonchev–Trinajstić information content (AvgIpc) is 4.10. The fraction of sp³-hybridized carbons (Fsp3) is 0.659. The zero-order valence-corrected chi connectivity index (χ0v) is 34.2. The quantitative estimate of drug-likeness (QED) is 0.112. The lowest BCUT2D eigenvalue weighted by atomic mass is 9.82. The van der Waals surface area contributed by atoms with Gasteiger partial charge in [0.25, 0.3) is 0 Å². The average molecular weight is 854 g/mol. The van der Waals surface area contributed by atoms with Crippen LogP contribution in [0.1, 0.15) is 40.9 Å². The van der Waals surface area contributed by atoms with Crippen molar-refractivity contribution >= 4 is 47.8 Å². The molecule has 19 heteroatoms. The van der Waals surface area contributed by atoms with Crippen molar-refractivity contribution < 1.29 is 91.5 Å². The molecule has 0 aliphatic carbocycles. The number of hydrogen-bond acceptors (Lipinski definition) is 18. The fourth-order valence-electron chi connectivity index (χ4n) is 9.04. The molecular weight excluding hydrogens is 799 g/mol. The molecule has 6 aliphatic rings. The minimum atomic E-state index is -1.00. The molecule has 60 heavy (non-hydrogen) atoms. The molecule has 6 saturated heterocycles. The van der Waals surface area contributed by atoms with Gasteiger partial charge in [-0.1, -0.05) is 38.2 Å². The van der Waals surface area contributed by atoms with Crippen molar-refractivity contribution in [3.63, 3.8) is 0 Å². The SMILES string of the molecule is C=CC1OC(/C=C\C2OC(C=C)C3C(=O)OC(=O)C23)C(C(=O)OC)C1C(=O)OC.CCC1OC(CCC2OC(CC)C3C(=O)OC(=O)C23)C(C(=O)OC)C1C(=O)OC.[2H]CF. The molecular formula is C41H53FO18. The number of ether oxygens (including phenoxy) is 10. The standard InChI is InChI=1S/C20H28O9.C20H22O9.CH3F/c2*1-5-9-13(17(21)25-3)15(18(22)26-4)11(27-9)7-8-12-16-14(10(6-2)28-12)19(23)29-20(16)24;1-2/h9-16H,5-8H2,1-4H3;5-16H,1-2H2,3-4H3;1H3/b;8-7-;/i;;1D. The Morgan fingerprint density at radius 2 is 0.917 bits per heavy atom. The van der Waals surface area contributed by atoms with E-state index in [9.17, 15) is 42.7 Å². The minimum absolute atomic E-state index is 0.365. The van der Waals surface area contributed by atoms with Crippen LogP contribution in [0.3, 0.4) is 0 Å². The van der Waals surface area contributed by atoms with Gasteiger partial charge in [0.2, 0.25) is 0 Å². The van der Waals surface area contributed by atoms with Crippen LogP contribution >= 0.6 is 0 Å². The number of esters is 8. The third-order valence-electron chi connectivity index (χ3n) is 11.8. The van der Waals surface area contributed by atoms with Crippen LogP contribution in [-0.2, 0) is 85.7 Å². The van der Waals surface area contributed by atoms with Gasteiger partial charge in [-0.2, -0.15) is 0 Å². The molecule has 0 aromatic rings. The van der Waals surface area contributed by atoms with E-state index >= 15 is 0 Å². The normalized spacial score (nSPS) is 37.6. The Labute approximate surface area is 347 Å². The number of halogens is 1. The van der Waals surface area contributed by atoms with E-state index in [1.54, 1.807) is 0 Å². The molecule has 18 nitrogen and oxygen atoms in total. The monoisotopic (exact) mass is 853 g/mol. The lowest BCUT2D eigenvalue weighted by molar-refractivity contribution is -0.159. The predicted octanol–water partition coefficient (Wildman–Crippen LogP) is 1.94. The minimum Gasteiger partial charge on any atom is -0.469 e. The van der Waals surface area contributed by atoms with Crippen LogP contribution in [0.15, 0.2) is 37.5 Å². The Hall–Kier alpha value is -4.85. The molecule has 332 valence electrons. The summed E-state index contributed by atoms with van der Waals surface area (Å²) in [6, 6.07) is 0. The van der Waals surface area contributed by atoms with Crippen LogP contribution < -0.4 is 0 Å². The molecule has 6 fully saturated rings. The van der Waals surface area contributed by atoms with Crippen molar-refractivity contribution in [1.29, 1.82) is 0 Å². The van der Waals surface area contributed by atoms with Gasteiger partial charge >= 0.3 is 47.8 Å². The number of methoxy groups -OCH3 is 4. The Balaban J connectivity index is 0.000000252. The number of carbonyl (C=O) groups is 8. The van der Waals surface area contributed by atoms with E-state index in [1.165, 1.54) is 52.7 Å². The summed E-state index contributed by atoms with van der Waals surface area (Å²) in [7, 11) is 3.96. The Kier molecular flexibility index (Phi) is 16.3. The van der Waals surface area contributed by atoms with Crippen molar-refractivity contribution in [1.82, 2.24) is 0 Å². The maximum atomic E-state index is 12.4.